The van der Waals surface area contributed by atoms with Crippen molar-refractivity contribution in [2.45, 2.75) is 51.3 Å². The second-order valence-corrected chi connectivity index (χ2v) is 6.44. The van der Waals surface area contributed by atoms with Crippen LogP contribution in [0.5, 0.6) is 0 Å². The van der Waals surface area contributed by atoms with E-state index >= 15 is 0 Å². The molecule has 2 heterocycles. The van der Waals surface area contributed by atoms with Crippen LogP contribution in [0.25, 0.3) is 0 Å². The number of aliphatic hydroxyl groups is 1. The van der Waals surface area contributed by atoms with Crippen LogP contribution in [-0.4, -0.2) is 37.7 Å². The predicted octanol–water partition coefficient (Wildman–Crippen LogP) is 1.34. The molecule has 3 rings (SSSR count). The lowest BCUT2D eigenvalue weighted by Crippen LogP contribution is -2.49. The van der Waals surface area contributed by atoms with Crippen molar-refractivity contribution in [3.8, 4) is 0 Å². The fourth-order valence-electron chi connectivity index (χ4n) is 3.27. The molecule has 1 amide bonds. The first kappa shape index (κ1) is 16.6. The summed E-state index contributed by atoms with van der Waals surface area (Å²) in [7, 11) is 0. The molecule has 1 aliphatic carbocycles. The van der Waals surface area contributed by atoms with Gasteiger partial charge in [-0.2, -0.15) is 0 Å². The summed E-state index contributed by atoms with van der Waals surface area (Å²) in [5, 5.41) is 12.8. The van der Waals surface area contributed by atoms with Gasteiger partial charge in [0.25, 0.3) is 0 Å². The molecule has 0 aliphatic heterocycles. The molecule has 1 fully saturated rings. The standard InChI is InChI=1S/C18H24N4O2/c1-2-17-20-7-8-22(17)12-18(24)21-16(14-10-15(23)11-14)9-13-3-5-19-6-4-13/h3-8,14-16,23H,2,9-12H2,1H3,(H,21,24). The van der Waals surface area contributed by atoms with Gasteiger partial charge in [0.15, 0.2) is 0 Å². The highest BCUT2D eigenvalue weighted by molar-refractivity contribution is 5.76. The van der Waals surface area contributed by atoms with E-state index in [1.54, 1.807) is 18.6 Å². The van der Waals surface area contributed by atoms with E-state index in [2.05, 4.69) is 15.3 Å². The summed E-state index contributed by atoms with van der Waals surface area (Å²) >= 11 is 0. The zero-order valence-electron chi connectivity index (χ0n) is 13.9. The highest BCUT2D eigenvalue weighted by Gasteiger charge is 2.34. The minimum atomic E-state index is -0.229. The Kier molecular flexibility index (Phi) is 5.25. The molecular weight excluding hydrogens is 304 g/mol. The van der Waals surface area contributed by atoms with Crippen LogP contribution in [0, 0.1) is 5.92 Å². The number of hydrogen-bond donors (Lipinski definition) is 2. The summed E-state index contributed by atoms with van der Waals surface area (Å²) in [6.07, 6.45) is 9.93. The normalized spacial score (nSPS) is 21.1. The summed E-state index contributed by atoms with van der Waals surface area (Å²) in [5.41, 5.74) is 1.15. The third-order valence-corrected chi connectivity index (χ3v) is 4.70. The minimum Gasteiger partial charge on any atom is -0.393 e. The van der Waals surface area contributed by atoms with Crippen molar-refractivity contribution in [1.29, 1.82) is 0 Å². The molecule has 2 aromatic heterocycles. The Labute approximate surface area is 141 Å². The molecule has 2 N–H and O–H groups in total. The number of aliphatic hydroxyl groups excluding tert-OH is 1. The van der Waals surface area contributed by atoms with Gasteiger partial charge in [0.1, 0.15) is 12.4 Å². The summed E-state index contributed by atoms with van der Waals surface area (Å²) in [6, 6.07) is 3.98. The number of pyridine rings is 1. The van der Waals surface area contributed by atoms with E-state index in [9.17, 15) is 9.90 Å². The lowest BCUT2D eigenvalue weighted by molar-refractivity contribution is -0.123. The monoisotopic (exact) mass is 328 g/mol. The van der Waals surface area contributed by atoms with Gasteiger partial charge in [-0.05, 0) is 42.9 Å². The fourth-order valence-corrected chi connectivity index (χ4v) is 3.27. The van der Waals surface area contributed by atoms with E-state index in [0.29, 0.717) is 5.92 Å². The van der Waals surface area contributed by atoms with Gasteiger partial charge in [-0.15, -0.1) is 0 Å². The number of carbonyl (C=O) groups excluding carboxylic acids is 1. The van der Waals surface area contributed by atoms with Gasteiger partial charge in [0.2, 0.25) is 5.91 Å². The predicted molar refractivity (Wildman–Crippen MR) is 90.2 cm³/mol. The average Bonchev–Trinajstić information content (AvgIpc) is 2.99. The first-order chi connectivity index (χ1) is 11.7. The van der Waals surface area contributed by atoms with Crippen molar-refractivity contribution in [2.75, 3.05) is 0 Å². The maximum atomic E-state index is 12.5. The van der Waals surface area contributed by atoms with Crippen LogP contribution in [0.15, 0.2) is 36.9 Å². The van der Waals surface area contributed by atoms with Gasteiger partial charge in [-0.3, -0.25) is 9.78 Å². The van der Waals surface area contributed by atoms with Crippen LogP contribution in [0.1, 0.15) is 31.2 Å². The van der Waals surface area contributed by atoms with Crippen LogP contribution < -0.4 is 5.32 Å². The molecule has 1 atom stereocenters. The van der Waals surface area contributed by atoms with Crippen molar-refractivity contribution >= 4 is 5.91 Å². The molecule has 6 heteroatoms. The average molecular weight is 328 g/mol. The number of aryl methyl sites for hydroxylation is 1. The second-order valence-electron chi connectivity index (χ2n) is 6.44. The maximum Gasteiger partial charge on any atom is 0.240 e. The number of hydrogen-bond acceptors (Lipinski definition) is 4. The Balaban J connectivity index is 1.63. The quantitative estimate of drug-likeness (QED) is 0.804. The van der Waals surface area contributed by atoms with E-state index < -0.39 is 0 Å². The Morgan fingerprint density at radius 3 is 2.79 bits per heavy atom. The number of amides is 1. The highest BCUT2D eigenvalue weighted by atomic mass is 16.3. The van der Waals surface area contributed by atoms with Gasteiger partial charge in [-0.25, -0.2) is 4.98 Å². The Bertz CT molecular complexity index is 665. The Morgan fingerprint density at radius 1 is 1.38 bits per heavy atom. The van der Waals surface area contributed by atoms with Gasteiger partial charge in [0.05, 0.1) is 6.10 Å². The van der Waals surface area contributed by atoms with Crippen molar-refractivity contribution in [3.63, 3.8) is 0 Å². The molecule has 6 nitrogen and oxygen atoms in total. The zero-order chi connectivity index (χ0) is 16.9. The van der Waals surface area contributed by atoms with Gasteiger partial charge < -0.3 is 15.0 Å². The van der Waals surface area contributed by atoms with Crippen molar-refractivity contribution < 1.29 is 9.90 Å². The number of nitrogens with one attached hydrogen (secondary N) is 1. The summed E-state index contributed by atoms with van der Waals surface area (Å²) in [5.74, 6) is 1.23. The molecule has 0 saturated heterocycles. The van der Waals surface area contributed by atoms with E-state index in [0.717, 1.165) is 37.1 Å². The number of carbonyl (C=O) groups is 1. The molecule has 2 aromatic rings. The third-order valence-electron chi connectivity index (χ3n) is 4.70. The van der Waals surface area contributed by atoms with Crippen LogP contribution in [0.2, 0.25) is 0 Å². The molecule has 0 aromatic carbocycles. The third kappa shape index (κ3) is 4.00. The molecule has 0 radical (unpaired) electrons. The highest BCUT2D eigenvalue weighted by Crippen LogP contribution is 2.31. The molecular formula is C18H24N4O2. The molecule has 0 bridgehead atoms. The van der Waals surface area contributed by atoms with Crippen molar-refractivity contribution in [2.24, 2.45) is 5.92 Å². The lowest BCUT2D eigenvalue weighted by Gasteiger charge is -2.38. The topological polar surface area (TPSA) is 80.0 Å². The molecule has 0 spiro atoms. The van der Waals surface area contributed by atoms with E-state index in [-0.39, 0.29) is 24.6 Å². The lowest BCUT2D eigenvalue weighted by atomic mass is 9.75. The summed E-state index contributed by atoms with van der Waals surface area (Å²) < 4.78 is 1.88. The van der Waals surface area contributed by atoms with Crippen LogP contribution in [0.4, 0.5) is 0 Å². The number of nitrogens with zero attached hydrogens (tertiary/aromatic N) is 3. The number of aromatic nitrogens is 3. The minimum absolute atomic E-state index is 0.0110. The number of imidazole rings is 1. The molecule has 1 unspecified atom stereocenters. The summed E-state index contributed by atoms with van der Waals surface area (Å²) in [4.78, 5) is 20.8. The van der Waals surface area contributed by atoms with Crippen LogP contribution in [-0.2, 0) is 24.2 Å². The fraction of sp³-hybridized carbons (Fsp3) is 0.500. The number of rotatable bonds is 7. The smallest absolute Gasteiger partial charge is 0.240 e. The molecule has 24 heavy (non-hydrogen) atoms. The first-order valence-electron chi connectivity index (χ1n) is 8.52. The van der Waals surface area contributed by atoms with Gasteiger partial charge >= 0.3 is 0 Å². The summed E-state index contributed by atoms with van der Waals surface area (Å²) in [6.45, 7) is 2.31. The van der Waals surface area contributed by atoms with Crippen LogP contribution in [0.3, 0.4) is 0 Å². The van der Waals surface area contributed by atoms with Gasteiger partial charge in [-0.1, -0.05) is 6.92 Å². The van der Waals surface area contributed by atoms with E-state index in [1.807, 2.05) is 29.8 Å². The largest absolute Gasteiger partial charge is 0.393 e. The SMILES string of the molecule is CCc1nccn1CC(=O)NC(Cc1ccncc1)C1CC(O)C1. The van der Waals surface area contributed by atoms with Gasteiger partial charge in [0, 0.05) is 37.3 Å². The molecule has 1 saturated carbocycles. The molecule has 1 aliphatic rings. The maximum absolute atomic E-state index is 12.5. The van der Waals surface area contributed by atoms with Crippen molar-refractivity contribution in [1.82, 2.24) is 19.9 Å². The van der Waals surface area contributed by atoms with E-state index in [4.69, 9.17) is 0 Å². The molecule has 128 valence electrons. The second kappa shape index (κ2) is 7.57. The zero-order valence-corrected chi connectivity index (χ0v) is 13.9. The van der Waals surface area contributed by atoms with E-state index in [1.165, 1.54) is 0 Å². The Hall–Kier alpha value is -2.21. The Morgan fingerprint density at radius 2 is 2.12 bits per heavy atom. The van der Waals surface area contributed by atoms with Crippen molar-refractivity contribution in [3.05, 3.63) is 48.3 Å². The van der Waals surface area contributed by atoms with Crippen LogP contribution >= 0.6 is 0 Å². The first-order valence-corrected chi connectivity index (χ1v) is 8.52.